The molecular weight excluding hydrogens is 346 g/mol. The first-order chi connectivity index (χ1) is 12.0. The minimum absolute atomic E-state index is 0.00501. The summed E-state index contributed by atoms with van der Waals surface area (Å²) in [7, 11) is 1.28. The van der Waals surface area contributed by atoms with Gasteiger partial charge >= 0.3 is 11.9 Å². The van der Waals surface area contributed by atoms with E-state index in [9.17, 15) is 14.4 Å². The van der Waals surface area contributed by atoms with Crippen LogP contribution in [0.25, 0.3) is 0 Å². The number of hydrogen-bond donors (Lipinski definition) is 1. The highest BCUT2D eigenvalue weighted by Crippen LogP contribution is 2.15. The maximum absolute atomic E-state index is 11.9. The summed E-state index contributed by atoms with van der Waals surface area (Å²) >= 11 is 5.93. The Hall–Kier alpha value is -2.86. The lowest BCUT2D eigenvalue weighted by molar-refractivity contribution is -0.134. The van der Waals surface area contributed by atoms with Gasteiger partial charge in [-0.1, -0.05) is 23.7 Å². The van der Waals surface area contributed by atoms with Crippen LogP contribution in [0.5, 0.6) is 5.75 Å². The van der Waals surface area contributed by atoms with Crippen molar-refractivity contribution in [1.82, 2.24) is 5.32 Å². The van der Waals surface area contributed by atoms with Gasteiger partial charge in [0.2, 0.25) is 0 Å². The fourth-order valence-electron chi connectivity index (χ4n) is 1.98. The van der Waals surface area contributed by atoms with Gasteiger partial charge in [0.1, 0.15) is 5.75 Å². The number of methoxy groups -OCH3 is 1. The minimum atomic E-state index is -0.509. The number of carbonyl (C=O) groups is 3. The van der Waals surface area contributed by atoms with Crippen molar-refractivity contribution in [2.24, 2.45) is 0 Å². The minimum Gasteiger partial charge on any atom is -0.465 e. The predicted molar refractivity (Wildman–Crippen MR) is 91.8 cm³/mol. The number of benzene rings is 2. The molecular formula is C18H16ClNO5. The Morgan fingerprint density at radius 3 is 2.36 bits per heavy atom. The molecule has 0 spiro atoms. The molecule has 25 heavy (non-hydrogen) atoms. The van der Waals surface area contributed by atoms with E-state index in [4.69, 9.17) is 16.3 Å². The monoisotopic (exact) mass is 361 g/mol. The van der Waals surface area contributed by atoms with Gasteiger partial charge in [0.15, 0.2) is 0 Å². The zero-order valence-corrected chi connectivity index (χ0v) is 14.2. The molecule has 2 rings (SSSR count). The molecule has 2 aromatic carbocycles. The second-order valence-corrected chi connectivity index (χ2v) is 5.38. The number of esters is 2. The van der Waals surface area contributed by atoms with E-state index in [1.807, 2.05) is 0 Å². The molecule has 0 radical (unpaired) electrons. The predicted octanol–water partition coefficient (Wildman–Crippen LogP) is 2.85. The van der Waals surface area contributed by atoms with E-state index in [1.165, 1.54) is 31.4 Å². The molecule has 0 unspecified atom stereocenters. The zero-order chi connectivity index (χ0) is 18.2. The quantitative estimate of drug-likeness (QED) is 0.632. The molecule has 0 aliphatic carbocycles. The van der Waals surface area contributed by atoms with Crippen LogP contribution in [-0.4, -0.2) is 31.5 Å². The molecule has 0 aliphatic rings. The van der Waals surface area contributed by atoms with Crippen molar-refractivity contribution in [3.8, 4) is 5.75 Å². The summed E-state index contributed by atoms with van der Waals surface area (Å²) in [5.74, 6) is -1.04. The molecule has 0 atom stereocenters. The maximum atomic E-state index is 11.9. The largest absolute Gasteiger partial charge is 0.465 e. The van der Waals surface area contributed by atoms with Gasteiger partial charge in [-0.3, -0.25) is 9.59 Å². The lowest BCUT2D eigenvalue weighted by Crippen LogP contribution is -2.27. The summed E-state index contributed by atoms with van der Waals surface area (Å²) in [6.45, 7) is 0.114. The van der Waals surface area contributed by atoms with Gasteiger partial charge in [-0.25, -0.2) is 4.79 Å². The van der Waals surface area contributed by atoms with Crippen LogP contribution in [0.1, 0.15) is 27.1 Å². The Labute approximate surface area is 149 Å². The standard InChI is InChI=1S/C18H16ClNO5/c1-24-18(23)12-6-8-13(9-7-12)25-16(21)10-11-20-17(22)14-4-2-3-5-15(14)19/h2-9H,10-11H2,1H3,(H,20,22). The molecule has 0 bridgehead atoms. The third-order valence-electron chi connectivity index (χ3n) is 3.24. The molecule has 0 aromatic heterocycles. The van der Waals surface area contributed by atoms with E-state index in [0.717, 1.165) is 0 Å². The number of halogens is 1. The molecule has 2 aromatic rings. The molecule has 0 fully saturated rings. The Bertz CT molecular complexity index is 773. The maximum Gasteiger partial charge on any atom is 0.337 e. The van der Waals surface area contributed by atoms with Crippen LogP contribution in [0.4, 0.5) is 0 Å². The molecule has 0 saturated carbocycles. The highest BCUT2D eigenvalue weighted by molar-refractivity contribution is 6.33. The van der Waals surface area contributed by atoms with Crippen LogP contribution in [0.3, 0.4) is 0 Å². The van der Waals surface area contributed by atoms with Crippen LogP contribution in [-0.2, 0) is 9.53 Å². The van der Waals surface area contributed by atoms with E-state index in [-0.39, 0.29) is 18.9 Å². The summed E-state index contributed by atoms with van der Waals surface area (Å²) in [4.78, 5) is 35.0. The average molecular weight is 362 g/mol. The number of hydrogen-bond acceptors (Lipinski definition) is 5. The molecule has 6 nitrogen and oxygen atoms in total. The number of amides is 1. The second kappa shape index (κ2) is 8.84. The first-order valence-corrected chi connectivity index (χ1v) is 7.81. The van der Waals surface area contributed by atoms with Crippen molar-refractivity contribution in [3.63, 3.8) is 0 Å². The van der Waals surface area contributed by atoms with Crippen LogP contribution in [0.15, 0.2) is 48.5 Å². The molecule has 0 heterocycles. The number of carbonyl (C=O) groups excluding carboxylic acids is 3. The van der Waals surface area contributed by atoms with Crippen molar-refractivity contribution >= 4 is 29.4 Å². The first kappa shape index (κ1) is 18.5. The van der Waals surface area contributed by atoms with Gasteiger partial charge in [0, 0.05) is 6.54 Å². The van der Waals surface area contributed by atoms with E-state index in [2.05, 4.69) is 10.1 Å². The van der Waals surface area contributed by atoms with Gasteiger partial charge in [-0.05, 0) is 36.4 Å². The Morgan fingerprint density at radius 1 is 1.04 bits per heavy atom. The lowest BCUT2D eigenvalue weighted by Gasteiger charge is -2.07. The third kappa shape index (κ3) is 5.32. The molecule has 7 heteroatoms. The van der Waals surface area contributed by atoms with Crippen LogP contribution in [0.2, 0.25) is 5.02 Å². The Balaban J connectivity index is 1.80. The highest BCUT2D eigenvalue weighted by atomic mass is 35.5. The third-order valence-corrected chi connectivity index (χ3v) is 3.57. The van der Waals surface area contributed by atoms with E-state index in [1.54, 1.807) is 24.3 Å². The Morgan fingerprint density at radius 2 is 1.72 bits per heavy atom. The van der Waals surface area contributed by atoms with Gasteiger partial charge in [-0.15, -0.1) is 0 Å². The van der Waals surface area contributed by atoms with Crippen LogP contribution in [0, 0.1) is 0 Å². The van der Waals surface area contributed by atoms with Gasteiger partial charge < -0.3 is 14.8 Å². The fourth-order valence-corrected chi connectivity index (χ4v) is 2.20. The summed E-state index contributed by atoms with van der Waals surface area (Å²) in [6.07, 6.45) is -0.00501. The zero-order valence-electron chi connectivity index (χ0n) is 13.5. The van der Waals surface area contributed by atoms with Crippen molar-refractivity contribution in [3.05, 3.63) is 64.7 Å². The number of ether oxygens (including phenoxy) is 2. The van der Waals surface area contributed by atoms with Crippen LogP contribution >= 0.6 is 11.6 Å². The normalized spacial score (nSPS) is 10.0. The fraction of sp³-hybridized carbons (Fsp3) is 0.167. The molecule has 1 N–H and O–H groups in total. The molecule has 130 valence electrons. The van der Waals surface area contributed by atoms with E-state index >= 15 is 0 Å². The van der Waals surface area contributed by atoms with E-state index < -0.39 is 11.9 Å². The van der Waals surface area contributed by atoms with Crippen molar-refractivity contribution in [2.45, 2.75) is 6.42 Å². The topological polar surface area (TPSA) is 81.7 Å². The van der Waals surface area contributed by atoms with Gasteiger partial charge in [0.25, 0.3) is 5.91 Å². The molecule has 1 amide bonds. The smallest absolute Gasteiger partial charge is 0.337 e. The Kier molecular flexibility index (Phi) is 6.54. The van der Waals surface area contributed by atoms with Crippen LogP contribution < -0.4 is 10.1 Å². The van der Waals surface area contributed by atoms with Gasteiger partial charge in [-0.2, -0.15) is 0 Å². The SMILES string of the molecule is COC(=O)c1ccc(OC(=O)CCNC(=O)c2ccccc2Cl)cc1. The first-order valence-electron chi connectivity index (χ1n) is 7.43. The highest BCUT2D eigenvalue weighted by Gasteiger charge is 2.11. The number of rotatable bonds is 6. The van der Waals surface area contributed by atoms with Crippen molar-refractivity contribution in [1.29, 1.82) is 0 Å². The second-order valence-electron chi connectivity index (χ2n) is 4.98. The van der Waals surface area contributed by atoms with E-state index in [0.29, 0.717) is 21.9 Å². The van der Waals surface area contributed by atoms with Crippen molar-refractivity contribution in [2.75, 3.05) is 13.7 Å². The summed E-state index contributed by atoms with van der Waals surface area (Å²) in [5, 5.41) is 2.94. The summed E-state index contributed by atoms with van der Waals surface area (Å²) < 4.78 is 9.71. The lowest BCUT2D eigenvalue weighted by atomic mass is 10.2. The molecule has 0 saturated heterocycles. The number of nitrogens with one attached hydrogen (secondary N) is 1. The summed E-state index contributed by atoms with van der Waals surface area (Å²) in [5.41, 5.74) is 0.699. The average Bonchev–Trinajstić information content (AvgIpc) is 2.62. The summed E-state index contributed by atoms with van der Waals surface area (Å²) in [6, 6.07) is 12.6. The molecule has 0 aliphatic heterocycles. The van der Waals surface area contributed by atoms with Crippen molar-refractivity contribution < 1.29 is 23.9 Å². The van der Waals surface area contributed by atoms with Gasteiger partial charge in [0.05, 0.1) is 29.7 Å².